The molecule has 1 aromatic rings. The number of hydrogen-bond donors (Lipinski definition) is 1. The molecule has 1 atom stereocenters. The monoisotopic (exact) mass is 340 g/mol. The second-order valence-corrected chi connectivity index (χ2v) is 6.30. The molecule has 23 heavy (non-hydrogen) atoms. The van der Waals surface area contributed by atoms with Gasteiger partial charge in [-0.3, -0.25) is 14.4 Å². The molecular formula is C14H20N4O4S. The number of rotatable bonds is 5. The van der Waals surface area contributed by atoms with Crippen LogP contribution in [0.3, 0.4) is 0 Å². The summed E-state index contributed by atoms with van der Waals surface area (Å²) in [4.78, 5) is 39.2. The van der Waals surface area contributed by atoms with Crippen molar-refractivity contribution in [2.45, 2.75) is 26.3 Å². The molecule has 2 heterocycles. The van der Waals surface area contributed by atoms with E-state index in [9.17, 15) is 14.4 Å². The Balaban J connectivity index is 1.91. The molecule has 1 aliphatic heterocycles. The van der Waals surface area contributed by atoms with Gasteiger partial charge >= 0.3 is 0 Å². The lowest BCUT2D eigenvalue weighted by Crippen LogP contribution is -2.49. The van der Waals surface area contributed by atoms with Gasteiger partial charge in [-0.25, -0.2) is 0 Å². The third kappa shape index (κ3) is 4.25. The summed E-state index contributed by atoms with van der Waals surface area (Å²) in [6, 6.07) is 1.09. The van der Waals surface area contributed by atoms with Crippen LogP contribution in [0, 0.1) is 6.92 Å². The lowest BCUT2D eigenvalue weighted by Gasteiger charge is -2.26. The number of nitrogens with zero attached hydrogens (tertiary/aromatic N) is 3. The standard InChI is InChI=1S/C14H20N4O4S/c1-4-13(20)18-8-23-7-10(18)14(21)17(3)6-12(19)15-11-5-9(2)22-16-11/h5,10H,4,6-8H2,1-3H3,(H,15,16,19)/t10-/m0/s1. The maximum Gasteiger partial charge on any atom is 0.246 e. The summed E-state index contributed by atoms with van der Waals surface area (Å²) in [6.45, 7) is 3.37. The van der Waals surface area contributed by atoms with Gasteiger partial charge in [0.05, 0.1) is 12.4 Å². The molecule has 9 heteroatoms. The van der Waals surface area contributed by atoms with Gasteiger partial charge in [-0.15, -0.1) is 11.8 Å². The first-order valence-electron chi connectivity index (χ1n) is 7.27. The fourth-order valence-electron chi connectivity index (χ4n) is 2.25. The molecule has 1 aromatic heterocycles. The molecule has 126 valence electrons. The summed E-state index contributed by atoms with van der Waals surface area (Å²) >= 11 is 1.54. The number of carbonyl (C=O) groups excluding carboxylic acids is 3. The maximum atomic E-state index is 12.5. The molecule has 2 rings (SSSR count). The van der Waals surface area contributed by atoms with Crippen molar-refractivity contribution in [3.8, 4) is 0 Å². The molecule has 1 aliphatic rings. The first-order valence-corrected chi connectivity index (χ1v) is 8.43. The molecule has 1 fully saturated rings. The number of aryl methyl sites for hydroxylation is 1. The van der Waals surface area contributed by atoms with Gasteiger partial charge in [0.15, 0.2) is 5.82 Å². The summed E-state index contributed by atoms with van der Waals surface area (Å²) in [5, 5.41) is 6.23. The Morgan fingerprint density at radius 3 is 2.87 bits per heavy atom. The maximum absolute atomic E-state index is 12.5. The lowest BCUT2D eigenvalue weighted by atomic mass is 10.2. The fraction of sp³-hybridized carbons (Fsp3) is 0.571. The van der Waals surface area contributed by atoms with Crippen LogP contribution in [0.4, 0.5) is 5.82 Å². The minimum atomic E-state index is -0.500. The van der Waals surface area contributed by atoms with Crippen LogP contribution >= 0.6 is 11.8 Å². The third-order valence-electron chi connectivity index (χ3n) is 3.44. The number of amides is 3. The normalized spacial score (nSPS) is 17.2. The van der Waals surface area contributed by atoms with Gasteiger partial charge < -0.3 is 19.6 Å². The van der Waals surface area contributed by atoms with E-state index in [1.165, 1.54) is 16.7 Å². The Morgan fingerprint density at radius 2 is 2.26 bits per heavy atom. The molecule has 0 bridgehead atoms. The molecule has 3 amide bonds. The SMILES string of the molecule is CCC(=O)N1CSC[C@H]1C(=O)N(C)CC(=O)Nc1cc(C)on1. The average molecular weight is 340 g/mol. The largest absolute Gasteiger partial charge is 0.360 e. The summed E-state index contributed by atoms with van der Waals surface area (Å²) in [6.07, 6.45) is 0.361. The quantitative estimate of drug-likeness (QED) is 0.847. The van der Waals surface area contributed by atoms with Crippen LogP contribution in [-0.2, 0) is 14.4 Å². The van der Waals surface area contributed by atoms with Gasteiger partial charge in [0.25, 0.3) is 0 Å². The molecule has 8 nitrogen and oxygen atoms in total. The second-order valence-electron chi connectivity index (χ2n) is 5.30. The Labute approximate surface area is 138 Å². The van der Waals surface area contributed by atoms with Crippen molar-refractivity contribution in [1.29, 1.82) is 0 Å². The predicted octanol–water partition coefficient (Wildman–Crippen LogP) is 0.691. The number of thioether (sulfide) groups is 1. The zero-order valence-electron chi connectivity index (χ0n) is 13.4. The minimum absolute atomic E-state index is 0.0516. The second kappa shape index (κ2) is 7.49. The van der Waals surface area contributed by atoms with Gasteiger partial charge in [0.2, 0.25) is 17.7 Å². The Kier molecular flexibility index (Phi) is 5.64. The van der Waals surface area contributed by atoms with E-state index < -0.39 is 6.04 Å². The Bertz CT molecular complexity index is 603. The van der Waals surface area contributed by atoms with Crippen LogP contribution in [0.25, 0.3) is 0 Å². The Morgan fingerprint density at radius 1 is 1.52 bits per heavy atom. The van der Waals surface area contributed by atoms with Crippen molar-refractivity contribution in [3.05, 3.63) is 11.8 Å². The van der Waals surface area contributed by atoms with Crippen LogP contribution in [-0.4, -0.2) is 63.9 Å². The Hall–Kier alpha value is -2.03. The highest BCUT2D eigenvalue weighted by molar-refractivity contribution is 7.99. The van der Waals surface area contributed by atoms with E-state index in [1.54, 1.807) is 31.9 Å². The van der Waals surface area contributed by atoms with E-state index in [1.807, 2.05) is 0 Å². The molecule has 1 N–H and O–H groups in total. The number of aromatic nitrogens is 1. The van der Waals surface area contributed by atoms with E-state index in [0.717, 1.165) is 0 Å². The van der Waals surface area contributed by atoms with Crippen molar-refractivity contribution in [2.24, 2.45) is 0 Å². The highest BCUT2D eigenvalue weighted by atomic mass is 32.2. The summed E-state index contributed by atoms with van der Waals surface area (Å²) < 4.78 is 4.86. The van der Waals surface area contributed by atoms with Crippen LogP contribution in [0.2, 0.25) is 0 Å². The summed E-state index contributed by atoms with van der Waals surface area (Å²) in [5.74, 6) is 1.31. The number of hydrogen-bond acceptors (Lipinski definition) is 6. The molecule has 0 spiro atoms. The summed E-state index contributed by atoms with van der Waals surface area (Å²) in [7, 11) is 1.55. The lowest BCUT2D eigenvalue weighted by molar-refractivity contribution is -0.143. The smallest absolute Gasteiger partial charge is 0.246 e. The number of likely N-dealkylation sites (N-methyl/N-ethyl adjacent to an activating group) is 1. The third-order valence-corrected chi connectivity index (χ3v) is 4.45. The average Bonchev–Trinajstić information content (AvgIpc) is 3.14. The number of anilines is 1. The number of nitrogens with one attached hydrogen (secondary N) is 1. The van der Waals surface area contributed by atoms with Crippen molar-refractivity contribution >= 4 is 35.3 Å². The fourth-order valence-corrected chi connectivity index (χ4v) is 3.42. The van der Waals surface area contributed by atoms with Crippen molar-refractivity contribution in [1.82, 2.24) is 15.0 Å². The minimum Gasteiger partial charge on any atom is -0.360 e. The van der Waals surface area contributed by atoms with Crippen LogP contribution in [0.15, 0.2) is 10.6 Å². The molecule has 0 unspecified atom stereocenters. The molecule has 0 radical (unpaired) electrons. The molecule has 0 aliphatic carbocycles. The van der Waals surface area contributed by atoms with E-state index in [4.69, 9.17) is 4.52 Å². The van der Waals surface area contributed by atoms with Crippen molar-refractivity contribution in [2.75, 3.05) is 30.5 Å². The molecular weight excluding hydrogens is 320 g/mol. The summed E-state index contributed by atoms with van der Waals surface area (Å²) in [5.41, 5.74) is 0. The van der Waals surface area contributed by atoms with Gasteiger partial charge in [0.1, 0.15) is 11.8 Å². The van der Waals surface area contributed by atoms with Crippen molar-refractivity contribution < 1.29 is 18.9 Å². The van der Waals surface area contributed by atoms with E-state index in [2.05, 4.69) is 10.5 Å². The zero-order chi connectivity index (χ0) is 17.0. The van der Waals surface area contributed by atoms with Gasteiger partial charge in [-0.1, -0.05) is 12.1 Å². The van der Waals surface area contributed by atoms with Crippen LogP contribution in [0.1, 0.15) is 19.1 Å². The molecule has 0 saturated carbocycles. The van der Waals surface area contributed by atoms with Crippen LogP contribution in [0.5, 0.6) is 0 Å². The van der Waals surface area contributed by atoms with E-state index in [0.29, 0.717) is 29.6 Å². The van der Waals surface area contributed by atoms with Crippen molar-refractivity contribution in [3.63, 3.8) is 0 Å². The topological polar surface area (TPSA) is 95.8 Å². The van der Waals surface area contributed by atoms with E-state index >= 15 is 0 Å². The first kappa shape index (κ1) is 17.3. The highest BCUT2D eigenvalue weighted by Gasteiger charge is 2.35. The van der Waals surface area contributed by atoms with Gasteiger partial charge in [0, 0.05) is 25.3 Å². The van der Waals surface area contributed by atoms with Gasteiger partial charge in [-0.05, 0) is 6.92 Å². The first-order chi connectivity index (χ1) is 10.9. The molecule has 1 saturated heterocycles. The highest BCUT2D eigenvalue weighted by Crippen LogP contribution is 2.23. The number of carbonyl (C=O) groups is 3. The van der Waals surface area contributed by atoms with E-state index in [-0.39, 0.29) is 24.3 Å². The zero-order valence-corrected chi connectivity index (χ0v) is 14.2. The van der Waals surface area contributed by atoms with Crippen LogP contribution < -0.4 is 5.32 Å². The predicted molar refractivity (Wildman–Crippen MR) is 85.8 cm³/mol. The van der Waals surface area contributed by atoms with Gasteiger partial charge in [-0.2, -0.15) is 0 Å². The molecule has 0 aromatic carbocycles.